The van der Waals surface area contributed by atoms with Crippen LogP contribution in [0, 0.1) is 11.3 Å². The summed E-state index contributed by atoms with van der Waals surface area (Å²) in [5.41, 5.74) is 0. The summed E-state index contributed by atoms with van der Waals surface area (Å²) in [6.07, 6.45) is 8.26. The van der Waals surface area contributed by atoms with Gasteiger partial charge >= 0.3 is 0 Å². The number of nitrogens with zero attached hydrogens (tertiary/aromatic N) is 3. The molecule has 30 heavy (non-hydrogen) atoms. The number of hydrogen-bond acceptors (Lipinski definition) is 5. The molecule has 1 saturated heterocycles. The van der Waals surface area contributed by atoms with Gasteiger partial charge in [-0.05, 0) is 53.4 Å². The second-order valence-corrected chi connectivity index (χ2v) is 10.1. The Morgan fingerprint density at radius 1 is 1.20 bits per heavy atom. The molecule has 1 heterocycles. The van der Waals surface area contributed by atoms with Crippen molar-refractivity contribution in [2.24, 2.45) is 0 Å². The Labute approximate surface area is 186 Å². The van der Waals surface area contributed by atoms with Crippen molar-refractivity contribution in [2.45, 2.75) is 124 Å². The molecule has 0 aromatic heterocycles. The second kappa shape index (κ2) is 15.1. The van der Waals surface area contributed by atoms with Crippen molar-refractivity contribution in [1.82, 2.24) is 9.57 Å². The smallest absolute Gasteiger partial charge is 0.259 e. The van der Waals surface area contributed by atoms with Crippen LogP contribution < -0.4 is 0 Å². The van der Waals surface area contributed by atoms with Gasteiger partial charge in [-0.3, -0.25) is 4.79 Å². The first-order valence-electron chi connectivity index (χ1n) is 11.9. The molecule has 1 unspecified atom stereocenters. The van der Waals surface area contributed by atoms with Crippen molar-refractivity contribution in [3.63, 3.8) is 0 Å². The lowest BCUT2D eigenvalue weighted by Gasteiger charge is -2.44. The fourth-order valence-corrected chi connectivity index (χ4v) is 5.98. The van der Waals surface area contributed by atoms with E-state index in [9.17, 15) is 4.79 Å². The highest BCUT2D eigenvalue weighted by Gasteiger charge is 2.38. The fraction of sp³-hybridized carbons (Fsp3) is 0.913. The number of nitriles is 1. The zero-order valence-corrected chi connectivity index (χ0v) is 21.0. The van der Waals surface area contributed by atoms with E-state index in [1.807, 2.05) is 0 Å². The first-order chi connectivity index (χ1) is 14.4. The monoisotopic (exact) mass is 441 g/mol. The normalized spacial score (nSPS) is 20.7. The van der Waals surface area contributed by atoms with Crippen LogP contribution in [0.2, 0.25) is 0 Å². The van der Waals surface area contributed by atoms with Crippen LogP contribution in [0.4, 0.5) is 0 Å². The van der Waals surface area contributed by atoms with E-state index in [-0.39, 0.29) is 30.1 Å². The van der Waals surface area contributed by atoms with Gasteiger partial charge in [0.2, 0.25) is 5.91 Å². The van der Waals surface area contributed by atoms with Crippen LogP contribution in [-0.4, -0.2) is 52.9 Å². The molecule has 0 saturated carbocycles. The number of rotatable bonds is 14. The van der Waals surface area contributed by atoms with E-state index in [1.54, 1.807) is 0 Å². The van der Waals surface area contributed by atoms with Crippen molar-refractivity contribution >= 4 is 14.4 Å². The Hall–Kier alpha value is -0.730. The van der Waals surface area contributed by atoms with Crippen molar-refractivity contribution in [1.29, 1.82) is 5.26 Å². The first-order valence-corrected chi connectivity index (χ1v) is 13.0. The summed E-state index contributed by atoms with van der Waals surface area (Å²) in [7, 11) is -1.28. The highest BCUT2D eigenvalue weighted by molar-refractivity contribution is 7.44. The van der Waals surface area contributed by atoms with Gasteiger partial charge in [-0.15, -0.1) is 0 Å². The van der Waals surface area contributed by atoms with E-state index in [0.29, 0.717) is 19.4 Å². The zero-order chi connectivity index (χ0) is 22.5. The molecule has 0 N–H and O–H groups in total. The number of hydrogen-bond donors (Lipinski definition) is 0. The molecule has 7 heteroatoms. The number of carbonyl (C=O) groups is 1. The third-order valence-corrected chi connectivity index (χ3v) is 7.74. The molecule has 1 amide bonds. The van der Waals surface area contributed by atoms with Gasteiger partial charge in [0.1, 0.15) is 0 Å². The van der Waals surface area contributed by atoms with Gasteiger partial charge in [-0.1, -0.05) is 33.1 Å². The van der Waals surface area contributed by atoms with E-state index in [4.69, 9.17) is 14.3 Å². The van der Waals surface area contributed by atoms with Crippen LogP contribution in [0.1, 0.15) is 99.3 Å². The number of amides is 1. The lowest BCUT2D eigenvalue weighted by atomic mass is 9.96. The Kier molecular flexibility index (Phi) is 13.8. The SMILES string of the molecule is CCCCCCC(=O)N1CCC[C@H](OP(OCCC#N)N(C(C)C)C(C)C)[C@@H]1CC. The molecular weight excluding hydrogens is 397 g/mol. The van der Waals surface area contributed by atoms with E-state index in [2.05, 4.69) is 57.2 Å². The Morgan fingerprint density at radius 2 is 1.90 bits per heavy atom. The van der Waals surface area contributed by atoms with Gasteiger partial charge < -0.3 is 13.9 Å². The summed E-state index contributed by atoms with van der Waals surface area (Å²) in [5, 5.41) is 8.92. The standard InChI is InChI=1S/C23H44N3O3P/c1-7-9-10-11-15-23(27)25-17-12-14-22(21(25)8-2)29-30(28-18-13-16-24)26(19(3)4)20(5)6/h19-22H,7-15,17-18H2,1-6H3/t21-,22-,30?/m0/s1. The minimum Gasteiger partial charge on any atom is -0.337 e. The van der Waals surface area contributed by atoms with Gasteiger partial charge in [0.25, 0.3) is 8.53 Å². The molecule has 1 aliphatic heterocycles. The molecule has 0 aromatic rings. The van der Waals surface area contributed by atoms with E-state index in [1.165, 1.54) is 12.8 Å². The maximum atomic E-state index is 12.9. The summed E-state index contributed by atoms with van der Waals surface area (Å²) >= 11 is 0. The largest absolute Gasteiger partial charge is 0.337 e. The molecular formula is C23H44N3O3P. The molecule has 1 aliphatic rings. The van der Waals surface area contributed by atoms with Crippen molar-refractivity contribution in [2.75, 3.05) is 13.2 Å². The number of carbonyl (C=O) groups excluding carboxylic acids is 1. The molecule has 6 nitrogen and oxygen atoms in total. The third kappa shape index (κ3) is 8.79. The summed E-state index contributed by atoms with van der Waals surface area (Å²) in [4.78, 5) is 15.0. The van der Waals surface area contributed by atoms with Crippen molar-refractivity contribution in [3.8, 4) is 6.07 Å². The van der Waals surface area contributed by atoms with Crippen LogP contribution in [0.3, 0.4) is 0 Å². The predicted molar refractivity (Wildman–Crippen MR) is 124 cm³/mol. The number of likely N-dealkylation sites (tertiary alicyclic amines) is 1. The average Bonchev–Trinajstić information content (AvgIpc) is 2.70. The van der Waals surface area contributed by atoms with Crippen LogP contribution in [0.25, 0.3) is 0 Å². The third-order valence-electron chi connectivity index (χ3n) is 5.59. The summed E-state index contributed by atoms with van der Waals surface area (Å²) < 4.78 is 15.0. The maximum Gasteiger partial charge on any atom is 0.259 e. The first kappa shape index (κ1) is 27.3. The van der Waals surface area contributed by atoms with Crippen molar-refractivity contribution < 1.29 is 13.8 Å². The van der Waals surface area contributed by atoms with Crippen LogP contribution in [0.15, 0.2) is 0 Å². The van der Waals surface area contributed by atoms with E-state index >= 15 is 0 Å². The Bertz CT molecular complexity index is 516. The van der Waals surface area contributed by atoms with Gasteiger partial charge in [-0.25, -0.2) is 4.67 Å². The topological polar surface area (TPSA) is 65.8 Å². The summed E-state index contributed by atoms with van der Waals surface area (Å²) in [6, 6.07) is 2.81. The molecule has 1 rings (SSSR count). The average molecular weight is 442 g/mol. The molecule has 1 fully saturated rings. The van der Waals surface area contributed by atoms with Crippen molar-refractivity contribution in [3.05, 3.63) is 0 Å². The Balaban J connectivity index is 2.87. The molecule has 0 aliphatic carbocycles. The van der Waals surface area contributed by atoms with Gasteiger partial charge in [-0.2, -0.15) is 5.26 Å². The second-order valence-electron chi connectivity index (χ2n) is 8.71. The maximum absolute atomic E-state index is 12.9. The molecule has 0 aromatic carbocycles. The molecule has 174 valence electrons. The minimum atomic E-state index is -1.28. The molecule has 0 bridgehead atoms. The molecule has 3 atom stereocenters. The van der Waals surface area contributed by atoms with Gasteiger partial charge in [0.05, 0.1) is 31.2 Å². The van der Waals surface area contributed by atoms with Crippen LogP contribution in [0.5, 0.6) is 0 Å². The number of piperidine rings is 1. The van der Waals surface area contributed by atoms with E-state index in [0.717, 1.165) is 38.6 Å². The minimum absolute atomic E-state index is 0.0171. The highest BCUT2D eigenvalue weighted by atomic mass is 31.2. The highest BCUT2D eigenvalue weighted by Crippen LogP contribution is 2.49. The zero-order valence-electron chi connectivity index (χ0n) is 20.1. The summed E-state index contributed by atoms with van der Waals surface area (Å²) in [6.45, 7) is 14.1. The summed E-state index contributed by atoms with van der Waals surface area (Å²) in [5.74, 6) is 0.269. The van der Waals surface area contributed by atoms with Gasteiger partial charge in [0.15, 0.2) is 0 Å². The fourth-order valence-electron chi connectivity index (χ4n) is 4.19. The lowest BCUT2D eigenvalue weighted by Crippen LogP contribution is -2.51. The molecule has 0 spiro atoms. The van der Waals surface area contributed by atoms with Gasteiger partial charge in [0, 0.05) is 25.0 Å². The predicted octanol–water partition coefficient (Wildman–Crippen LogP) is 6.02. The lowest BCUT2D eigenvalue weighted by molar-refractivity contribution is -0.138. The Morgan fingerprint density at radius 3 is 2.47 bits per heavy atom. The molecule has 0 radical (unpaired) electrons. The van der Waals surface area contributed by atoms with E-state index < -0.39 is 8.53 Å². The van der Waals surface area contributed by atoms with Crippen LogP contribution in [-0.2, 0) is 13.8 Å². The number of unbranched alkanes of at least 4 members (excludes halogenated alkanes) is 3. The quantitative estimate of drug-likeness (QED) is 0.244. The van der Waals surface area contributed by atoms with Crippen LogP contribution >= 0.6 is 8.53 Å².